The van der Waals surface area contributed by atoms with Gasteiger partial charge in [-0.15, -0.1) is 6.58 Å². The first-order valence-corrected chi connectivity index (χ1v) is 4.03. The summed E-state index contributed by atoms with van der Waals surface area (Å²) in [5.41, 5.74) is 0.0556. The first-order valence-electron chi connectivity index (χ1n) is 4.03. The summed E-state index contributed by atoms with van der Waals surface area (Å²) >= 11 is 0. The lowest BCUT2D eigenvalue weighted by atomic mass is 9.81. The molecule has 0 amide bonds. The number of aliphatic hydroxyl groups excluding tert-OH is 1. The molecule has 1 aliphatic rings. The first-order chi connectivity index (χ1) is 4.71. The maximum absolute atomic E-state index is 9.43. The average Bonchev–Trinajstić information content (AvgIpc) is 2.35. The van der Waals surface area contributed by atoms with Gasteiger partial charge in [-0.2, -0.15) is 0 Å². The molecule has 58 valence electrons. The fourth-order valence-electron chi connectivity index (χ4n) is 1.83. The molecule has 1 heteroatoms. The third kappa shape index (κ3) is 1.10. The Balaban J connectivity index is 2.67. The molecule has 0 aromatic carbocycles. The molecule has 0 aromatic heterocycles. The van der Waals surface area contributed by atoms with E-state index in [0.29, 0.717) is 0 Å². The van der Waals surface area contributed by atoms with Crippen molar-refractivity contribution in [1.29, 1.82) is 0 Å². The number of hydrogen-bond donors (Lipinski definition) is 1. The van der Waals surface area contributed by atoms with Crippen LogP contribution in [0.25, 0.3) is 0 Å². The highest BCUT2D eigenvalue weighted by molar-refractivity contribution is 5.01. The van der Waals surface area contributed by atoms with Crippen LogP contribution in [0.15, 0.2) is 12.7 Å². The molecule has 1 saturated carbocycles. The second-order valence-corrected chi connectivity index (χ2v) is 3.32. The van der Waals surface area contributed by atoms with E-state index in [4.69, 9.17) is 0 Å². The summed E-state index contributed by atoms with van der Waals surface area (Å²) in [6, 6.07) is 0. The molecule has 0 aromatic rings. The van der Waals surface area contributed by atoms with Crippen LogP contribution in [0.1, 0.15) is 32.6 Å². The zero-order valence-corrected chi connectivity index (χ0v) is 6.64. The van der Waals surface area contributed by atoms with Crippen molar-refractivity contribution in [3.8, 4) is 0 Å². The van der Waals surface area contributed by atoms with E-state index < -0.39 is 0 Å². The molecule has 0 spiro atoms. The van der Waals surface area contributed by atoms with Crippen molar-refractivity contribution in [2.45, 2.75) is 38.7 Å². The van der Waals surface area contributed by atoms with Crippen LogP contribution in [-0.2, 0) is 0 Å². The van der Waals surface area contributed by atoms with Crippen LogP contribution in [0.2, 0.25) is 0 Å². The zero-order chi connectivity index (χ0) is 7.61. The van der Waals surface area contributed by atoms with Crippen molar-refractivity contribution in [3.05, 3.63) is 12.7 Å². The predicted octanol–water partition coefficient (Wildman–Crippen LogP) is 2.11. The minimum atomic E-state index is -0.215. The Labute approximate surface area is 62.8 Å². The van der Waals surface area contributed by atoms with Gasteiger partial charge >= 0.3 is 0 Å². The van der Waals surface area contributed by atoms with E-state index in [9.17, 15) is 5.11 Å². The second-order valence-electron chi connectivity index (χ2n) is 3.32. The maximum atomic E-state index is 9.43. The van der Waals surface area contributed by atoms with Crippen molar-refractivity contribution in [1.82, 2.24) is 0 Å². The molecule has 0 saturated heterocycles. The molecule has 1 N–H and O–H groups in total. The Hall–Kier alpha value is -0.300. The van der Waals surface area contributed by atoms with Gasteiger partial charge in [0, 0.05) is 5.41 Å². The van der Waals surface area contributed by atoms with Crippen LogP contribution in [-0.4, -0.2) is 11.2 Å². The topological polar surface area (TPSA) is 20.2 Å². The summed E-state index contributed by atoms with van der Waals surface area (Å²) in [6.07, 6.45) is 6.45. The van der Waals surface area contributed by atoms with Crippen molar-refractivity contribution < 1.29 is 5.11 Å². The standard InChI is InChI=1S/C9H16O/c1-3-9(8(2)10)6-4-5-7-9/h3,8,10H,1,4-7H2,2H3. The summed E-state index contributed by atoms with van der Waals surface area (Å²) in [7, 11) is 0. The molecule has 1 rings (SSSR count). The van der Waals surface area contributed by atoms with Crippen LogP contribution < -0.4 is 0 Å². The highest BCUT2D eigenvalue weighted by Crippen LogP contribution is 2.41. The van der Waals surface area contributed by atoms with Crippen LogP contribution >= 0.6 is 0 Å². The van der Waals surface area contributed by atoms with Gasteiger partial charge in [0.15, 0.2) is 0 Å². The van der Waals surface area contributed by atoms with E-state index in [1.54, 1.807) is 0 Å². The molecular weight excluding hydrogens is 124 g/mol. The Morgan fingerprint density at radius 1 is 1.50 bits per heavy atom. The molecule has 0 bridgehead atoms. The SMILES string of the molecule is C=CC1(C(C)O)CCCC1. The van der Waals surface area contributed by atoms with E-state index in [1.165, 1.54) is 12.8 Å². The molecule has 1 aliphatic carbocycles. The van der Waals surface area contributed by atoms with Crippen LogP contribution in [0, 0.1) is 5.41 Å². The normalized spacial score (nSPS) is 26.2. The predicted molar refractivity (Wildman–Crippen MR) is 42.8 cm³/mol. The smallest absolute Gasteiger partial charge is 0.0602 e. The van der Waals surface area contributed by atoms with Gasteiger partial charge in [0.2, 0.25) is 0 Å². The van der Waals surface area contributed by atoms with Crippen molar-refractivity contribution >= 4 is 0 Å². The quantitative estimate of drug-likeness (QED) is 0.582. The molecule has 0 radical (unpaired) electrons. The highest BCUT2D eigenvalue weighted by Gasteiger charge is 2.34. The lowest BCUT2D eigenvalue weighted by Gasteiger charge is -2.27. The fourth-order valence-corrected chi connectivity index (χ4v) is 1.83. The van der Waals surface area contributed by atoms with Crippen molar-refractivity contribution in [3.63, 3.8) is 0 Å². The van der Waals surface area contributed by atoms with Crippen molar-refractivity contribution in [2.24, 2.45) is 5.41 Å². The molecule has 1 atom stereocenters. The van der Waals surface area contributed by atoms with Gasteiger partial charge in [-0.05, 0) is 19.8 Å². The first kappa shape index (κ1) is 7.80. The molecule has 1 fully saturated rings. The minimum absolute atomic E-state index is 0.0556. The largest absolute Gasteiger partial charge is 0.393 e. The van der Waals surface area contributed by atoms with Crippen molar-refractivity contribution in [2.75, 3.05) is 0 Å². The van der Waals surface area contributed by atoms with E-state index in [1.807, 2.05) is 13.0 Å². The van der Waals surface area contributed by atoms with E-state index in [0.717, 1.165) is 12.8 Å². The average molecular weight is 140 g/mol. The van der Waals surface area contributed by atoms with Gasteiger partial charge in [0.1, 0.15) is 0 Å². The Bertz CT molecular complexity index is 121. The lowest BCUT2D eigenvalue weighted by molar-refractivity contribution is 0.0793. The summed E-state index contributed by atoms with van der Waals surface area (Å²) < 4.78 is 0. The number of hydrogen-bond acceptors (Lipinski definition) is 1. The molecule has 1 nitrogen and oxygen atoms in total. The maximum Gasteiger partial charge on any atom is 0.0602 e. The molecule has 1 unspecified atom stereocenters. The fraction of sp³-hybridized carbons (Fsp3) is 0.778. The van der Waals surface area contributed by atoms with Gasteiger partial charge in [-0.3, -0.25) is 0 Å². The third-order valence-corrected chi connectivity index (χ3v) is 2.77. The van der Waals surface area contributed by atoms with Gasteiger partial charge in [-0.25, -0.2) is 0 Å². The minimum Gasteiger partial charge on any atom is -0.393 e. The Morgan fingerprint density at radius 3 is 2.20 bits per heavy atom. The Morgan fingerprint density at radius 2 is 2.00 bits per heavy atom. The molecule has 0 heterocycles. The summed E-state index contributed by atoms with van der Waals surface area (Å²) in [5, 5.41) is 9.43. The van der Waals surface area contributed by atoms with Crippen LogP contribution in [0.3, 0.4) is 0 Å². The van der Waals surface area contributed by atoms with Crippen LogP contribution in [0.5, 0.6) is 0 Å². The molecular formula is C9H16O. The lowest BCUT2D eigenvalue weighted by Crippen LogP contribution is -2.27. The summed E-state index contributed by atoms with van der Waals surface area (Å²) in [4.78, 5) is 0. The van der Waals surface area contributed by atoms with Gasteiger partial charge in [0.05, 0.1) is 6.10 Å². The Kier molecular flexibility index (Phi) is 2.14. The van der Waals surface area contributed by atoms with Crippen LogP contribution in [0.4, 0.5) is 0 Å². The zero-order valence-electron chi connectivity index (χ0n) is 6.64. The van der Waals surface area contributed by atoms with E-state index in [2.05, 4.69) is 6.58 Å². The molecule has 10 heavy (non-hydrogen) atoms. The summed E-state index contributed by atoms with van der Waals surface area (Å²) in [5.74, 6) is 0. The van der Waals surface area contributed by atoms with Gasteiger partial charge in [-0.1, -0.05) is 18.9 Å². The number of aliphatic hydroxyl groups is 1. The van der Waals surface area contributed by atoms with E-state index in [-0.39, 0.29) is 11.5 Å². The van der Waals surface area contributed by atoms with Gasteiger partial charge < -0.3 is 5.11 Å². The summed E-state index contributed by atoms with van der Waals surface area (Å²) in [6.45, 7) is 5.64. The second kappa shape index (κ2) is 2.75. The van der Waals surface area contributed by atoms with E-state index >= 15 is 0 Å². The van der Waals surface area contributed by atoms with Gasteiger partial charge in [0.25, 0.3) is 0 Å². The number of rotatable bonds is 2. The highest BCUT2D eigenvalue weighted by atomic mass is 16.3. The monoisotopic (exact) mass is 140 g/mol. The third-order valence-electron chi connectivity index (χ3n) is 2.77. The molecule has 0 aliphatic heterocycles.